The van der Waals surface area contributed by atoms with Crippen molar-refractivity contribution < 1.29 is 4.74 Å². The average molecular weight is 213 g/mol. The molecule has 2 nitrogen and oxygen atoms in total. The molecule has 0 heterocycles. The van der Waals surface area contributed by atoms with Crippen molar-refractivity contribution in [3.63, 3.8) is 0 Å². The van der Waals surface area contributed by atoms with E-state index in [4.69, 9.17) is 4.74 Å². The standard InChI is InChI=1S/C13H27NO/c1-9-6-7-13(10(2)8-9)14-11(3)12(4)15-5/h9-14H,6-8H2,1-5H3. The summed E-state index contributed by atoms with van der Waals surface area (Å²) >= 11 is 0. The molecule has 2 heteroatoms. The van der Waals surface area contributed by atoms with Crippen LogP contribution in [0.1, 0.15) is 47.0 Å². The highest BCUT2D eigenvalue weighted by atomic mass is 16.5. The van der Waals surface area contributed by atoms with E-state index in [-0.39, 0.29) is 0 Å². The Labute approximate surface area is 94.8 Å². The Hall–Kier alpha value is -0.0800. The van der Waals surface area contributed by atoms with Crippen LogP contribution in [0.3, 0.4) is 0 Å². The maximum atomic E-state index is 5.35. The quantitative estimate of drug-likeness (QED) is 0.775. The highest BCUT2D eigenvalue weighted by Gasteiger charge is 2.27. The third-order valence-corrected chi connectivity index (χ3v) is 3.98. The van der Waals surface area contributed by atoms with Crippen LogP contribution in [-0.4, -0.2) is 25.3 Å². The summed E-state index contributed by atoms with van der Waals surface area (Å²) in [5, 5.41) is 3.71. The van der Waals surface area contributed by atoms with Crippen LogP contribution in [0.2, 0.25) is 0 Å². The van der Waals surface area contributed by atoms with Gasteiger partial charge in [0.15, 0.2) is 0 Å². The van der Waals surface area contributed by atoms with Gasteiger partial charge in [-0.1, -0.05) is 13.8 Å². The molecule has 1 aliphatic rings. The van der Waals surface area contributed by atoms with E-state index in [1.807, 2.05) is 0 Å². The summed E-state index contributed by atoms with van der Waals surface area (Å²) in [5.41, 5.74) is 0. The first-order valence-electron chi connectivity index (χ1n) is 6.33. The minimum Gasteiger partial charge on any atom is -0.380 e. The molecule has 0 spiro atoms. The number of hydrogen-bond donors (Lipinski definition) is 1. The predicted molar refractivity (Wildman–Crippen MR) is 65.0 cm³/mol. The molecule has 1 fully saturated rings. The fraction of sp³-hybridized carbons (Fsp3) is 1.00. The molecule has 5 unspecified atom stereocenters. The SMILES string of the molecule is COC(C)C(C)NC1CCC(C)CC1C. The Kier molecular flexibility index (Phi) is 5.07. The molecule has 1 rings (SSSR count). The molecule has 0 aromatic heterocycles. The average Bonchev–Trinajstić information content (AvgIpc) is 2.20. The molecule has 15 heavy (non-hydrogen) atoms. The smallest absolute Gasteiger partial charge is 0.0693 e. The van der Waals surface area contributed by atoms with Crippen molar-refractivity contribution in [1.29, 1.82) is 0 Å². The van der Waals surface area contributed by atoms with Gasteiger partial charge in [0.05, 0.1) is 6.10 Å². The molecule has 0 aromatic rings. The second-order valence-electron chi connectivity index (χ2n) is 5.40. The number of ether oxygens (including phenoxy) is 1. The lowest BCUT2D eigenvalue weighted by Crippen LogP contribution is -2.47. The summed E-state index contributed by atoms with van der Waals surface area (Å²) in [6.07, 6.45) is 4.36. The van der Waals surface area contributed by atoms with Gasteiger partial charge < -0.3 is 10.1 Å². The van der Waals surface area contributed by atoms with Crippen molar-refractivity contribution in [1.82, 2.24) is 5.32 Å². The van der Waals surface area contributed by atoms with E-state index >= 15 is 0 Å². The fourth-order valence-electron chi connectivity index (χ4n) is 2.59. The van der Waals surface area contributed by atoms with E-state index in [0.29, 0.717) is 18.2 Å². The largest absolute Gasteiger partial charge is 0.380 e. The van der Waals surface area contributed by atoms with Crippen LogP contribution in [0, 0.1) is 11.8 Å². The van der Waals surface area contributed by atoms with Gasteiger partial charge >= 0.3 is 0 Å². The van der Waals surface area contributed by atoms with Gasteiger partial charge in [0.2, 0.25) is 0 Å². The zero-order chi connectivity index (χ0) is 11.4. The van der Waals surface area contributed by atoms with Gasteiger partial charge in [-0.15, -0.1) is 0 Å². The molecule has 0 aliphatic heterocycles. The van der Waals surface area contributed by atoms with Crippen LogP contribution in [0.15, 0.2) is 0 Å². The van der Waals surface area contributed by atoms with Crippen LogP contribution < -0.4 is 5.32 Å². The number of nitrogens with one attached hydrogen (secondary N) is 1. The van der Waals surface area contributed by atoms with Gasteiger partial charge in [-0.05, 0) is 44.9 Å². The van der Waals surface area contributed by atoms with E-state index in [1.54, 1.807) is 7.11 Å². The van der Waals surface area contributed by atoms with Crippen molar-refractivity contribution in [3.8, 4) is 0 Å². The summed E-state index contributed by atoms with van der Waals surface area (Å²) in [6.45, 7) is 9.10. The minimum atomic E-state index is 0.302. The first-order valence-corrected chi connectivity index (χ1v) is 6.33. The molecule has 0 amide bonds. The van der Waals surface area contributed by atoms with Gasteiger partial charge in [-0.3, -0.25) is 0 Å². The number of methoxy groups -OCH3 is 1. The predicted octanol–water partition coefficient (Wildman–Crippen LogP) is 2.82. The van der Waals surface area contributed by atoms with Crippen molar-refractivity contribution >= 4 is 0 Å². The van der Waals surface area contributed by atoms with E-state index in [0.717, 1.165) is 11.8 Å². The molecule has 1 aliphatic carbocycles. The lowest BCUT2D eigenvalue weighted by atomic mass is 9.79. The Balaban J connectivity index is 2.37. The van der Waals surface area contributed by atoms with Crippen molar-refractivity contribution in [2.75, 3.05) is 7.11 Å². The molecular weight excluding hydrogens is 186 g/mol. The molecule has 0 bridgehead atoms. The fourth-order valence-corrected chi connectivity index (χ4v) is 2.59. The summed E-state index contributed by atoms with van der Waals surface area (Å²) in [6, 6.07) is 1.14. The van der Waals surface area contributed by atoms with Crippen LogP contribution in [0.5, 0.6) is 0 Å². The Morgan fingerprint density at radius 1 is 1.20 bits per heavy atom. The van der Waals surface area contributed by atoms with E-state index in [2.05, 4.69) is 33.0 Å². The Bertz CT molecular complexity index is 183. The number of rotatable bonds is 4. The van der Waals surface area contributed by atoms with Gasteiger partial charge in [0, 0.05) is 19.2 Å². The molecule has 90 valence electrons. The third kappa shape index (κ3) is 3.76. The summed E-state index contributed by atoms with van der Waals surface area (Å²) in [7, 11) is 1.79. The molecule has 5 atom stereocenters. The molecule has 0 aromatic carbocycles. The van der Waals surface area contributed by atoms with E-state index in [9.17, 15) is 0 Å². The zero-order valence-corrected chi connectivity index (χ0v) is 10.9. The summed E-state index contributed by atoms with van der Waals surface area (Å²) < 4.78 is 5.35. The number of hydrogen-bond acceptors (Lipinski definition) is 2. The normalized spacial score (nSPS) is 36.2. The molecule has 0 saturated heterocycles. The summed E-state index contributed by atoms with van der Waals surface area (Å²) in [4.78, 5) is 0. The van der Waals surface area contributed by atoms with E-state index in [1.165, 1.54) is 19.3 Å². The maximum Gasteiger partial charge on any atom is 0.0693 e. The van der Waals surface area contributed by atoms with Gasteiger partial charge in [-0.25, -0.2) is 0 Å². The lowest BCUT2D eigenvalue weighted by Gasteiger charge is -2.36. The second-order valence-corrected chi connectivity index (χ2v) is 5.40. The van der Waals surface area contributed by atoms with Crippen molar-refractivity contribution in [2.24, 2.45) is 11.8 Å². The van der Waals surface area contributed by atoms with Crippen LogP contribution in [0.4, 0.5) is 0 Å². The zero-order valence-electron chi connectivity index (χ0n) is 10.9. The van der Waals surface area contributed by atoms with Gasteiger partial charge in [0.1, 0.15) is 0 Å². The first-order chi connectivity index (χ1) is 7.04. The molecule has 1 saturated carbocycles. The third-order valence-electron chi connectivity index (χ3n) is 3.98. The molecule has 0 radical (unpaired) electrons. The lowest BCUT2D eigenvalue weighted by molar-refractivity contribution is 0.0754. The van der Waals surface area contributed by atoms with Crippen molar-refractivity contribution in [2.45, 2.75) is 65.1 Å². The van der Waals surface area contributed by atoms with Crippen LogP contribution in [0.25, 0.3) is 0 Å². The monoisotopic (exact) mass is 213 g/mol. The second kappa shape index (κ2) is 5.86. The van der Waals surface area contributed by atoms with Crippen molar-refractivity contribution in [3.05, 3.63) is 0 Å². The first kappa shape index (κ1) is 13.0. The Morgan fingerprint density at radius 2 is 1.87 bits per heavy atom. The van der Waals surface area contributed by atoms with Gasteiger partial charge in [0.25, 0.3) is 0 Å². The highest BCUT2D eigenvalue weighted by molar-refractivity contribution is 4.84. The van der Waals surface area contributed by atoms with Gasteiger partial charge in [-0.2, -0.15) is 0 Å². The Morgan fingerprint density at radius 3 is 2.40 bits per heavy atom. The summed E-state index contributed by atoms with van der Waals surface area (Å²) in [5.74, 6) is 1.72. The van der Waals surface area contributed by atoms with Crippen LogP contribution >= 0.6 is 0 Å². The van der Waals surface area contributed by atoms with E-state index < -0.39 is 0 Å². The van der Waals surface area contributed by atoms with Crippen LogP contribution in [-0.2, 0) is 4.74 Å². The topological polar surface area (TPSA) is 21.3 Å². The highest BCUT2D eigenvalue weighted by Crippen LogP contribution is 2.28. The molecular formula is C13H27NO. The minimum absolute atomic E-state index is 0.302. The molecule has 1 N–H and O–H groups in total. The maximum absolute atomic E-state index is 5.35.